The normalized spacial score (nSPS) is 10.3. The molecule has 0 aromatic heterocycles. The molecule has 2 aromatic carbocycles. The number of hydrogen-bond donors (Lipinski definition) is 0. The van der Waals surface area contributed by atoms with E-state index in [2.05, 4.69) is 15.9 Å². The van der Waals surface area contributed by atoms with Gasteiger partial charge in [-0.05, 0) is 23.8 Å². The van der Waals surface area contributed by atoms with Crippen LogP contribution in [0.25, 0.3) is 0 Å². The molecule has 2 aromatic rings. The van der Waals surface area contributed by atoms with Crippen LogP contribution in [0.15, 0.2) is 48.5 Å². The van der Waals surface area contributed by atoms with Gasteiger partial charge in [0.2, 0.25) is 0 Å². The maximum atomic E-state index is 11.7. The van der Waals surface area contributed by atoms with Gasteiger partial charge in [0.25, 0.3) is 0 Å². The van der Waals surface area contributed by atoms with Crippen molar-refractivity contribution in [3.63, 3.8) is 0 Å². The minimum atomic E-state index is 0.154. The molecule has 0 saturated carbocycles. The zero-order chi connectivity index (χ0) is 14.4. The monoisotopic (exact) mass is 332 g/mol. The first-order valence-electron chi connectivity index (χ1n) is 6.63. The summed E-state index contributed by atoms with van der Waals surface area (Å²) in [6.07, 6.45) is 0.520. The molecule has 0 atom stereocenters. The van der Waals surface area contributed by atoms with Crippen molar-refractivity contribution in [2.45, 2.75) is 25.3 Å². The molecule has 0 bridgehead atoms. The molecule has 0 spiro atoms. The zero-order valence-electron chi connectivity index (χ0n) is 11.4. The van der Waals surface area contributed by atoms with Gasteiger partial charge in [0, 0.05) is 22.9 Å². The Bertz CT molecular complexity index is 579. The summed E-state index contributed by atoms with van der Waals surface area (Å²) in [4.78, 5) is 11.7. The number of alkyl halides is 1. The van der Waals surface area contributed by atoms with E-state index in [4.69, 9.17) is 4.74 Å². The first kappa shape index (κ1) is 14.8. The lowest BCUT2D eigenvalue weighted by atomic mass is 10.1. The predicted molar refractivity (Wildman–Crippen MR) is 84.5 cm³/mol. The van der Waals surface area contributed by atoms with Gasteiger partial charge in [0.15, 0.2) is 5.78 Å². The van der Waals surface area contributed by atoms with Crippen molar-refractivity contribution in [1.29, 1.82) is 0 Å². The third-order valence-electron chi connectivity index (χ3n) is 3.08. The second-order valence-electron chi connectivity index (χ2n) is 4.51. The molecule has 0 aliphatic heterocycles. The largest absolute Gasteiger partial charge is 0.489 e. The topological polar surface area (TPSA) is 26.3 Å². The van der Waals surface area contributed by atoms with E-state index in [0.717, 1.165) is 22.4 Å². The molecular weight excluding hydrogens is 316 g/mol. The van der Waals surface area contributed by atoms with Gasteiger partial charge in [-0.1, -0.05) is 53.2 Å². The van der Waals surface area contributed by atoms with Crippen molar-refractivity contribution in [3.8, 4) is 5.75 Å². The van der Waals surface area contributed by atoms with Crippen LogP contribution in [0.1, 0.15) is 34.8 Å². The number of hydrogen-bond acceptors (Lipinski definition) is 2. The molecule has 0 aliphatic rings. The van der Waals surface area contributed by atoms with Crippen LogP contribution in [0.2, 0.25) is 0 Å². The van der Waals surface area contributed by atoms with E-state index >= 15 is 0 Å². The van der Waals surface area contributed by atoms with E-state index < -0.39 is 0 Å². The van der Waals surface area contributed by atoms with Crippen LogP contribution in [0.4, 0.5) is 0 Å². The SMILES string of the molecule is CCC(=O)c1ccc(OCc2ccccc2)c(CBr)c1. The summed E-state index contributed by atoms with van der Waals surface area (Å²) in [7, 11) is 0. The number of carbonyl (C=O) groups is 1. The highest BCUT2D eigenvalue weighted by Gasteiger charge is 2.08. The van der Waals surface area contributed by atoms with Gasteiger partial charge >= 0.3 is 0 Å². The summed E-state index contributed by atoms with van der Waals surface area (Å²) in [6.45, 7) is 2.40. The number of ketones is 1. The summed E-state index contributed by atoms with van der Waals surface area (Å²) < 4.78 is 5.84. The van der Waals surface area contributed by atoms with Crippen LogP contribution in [0.3, 0.4) is 0 Å². The first-order chi connectivity index (χ1) is 9.74. The Labute approximate surface area is 127 Å². The van der Waals surface area contributed by atoms with Gasteiger partial charge in [-0.25, -0.2) is 0 Å². The molecular formula is C17H17BrO2. The van der Waals surface area contributed by atoms with Crippen molar-refractivity contribution in [1.82, 2.24) is 0 Å². The molecule has 20 heavy (non-hydrogen) atoms. The maximum Gasteiger partial charge on any atom is 0.162 e. The Balaban J connectivity index is 2.13. The van der Waals surface area contributed by atoms with Gasteiger partial charge in [-0.15, -0.1) is 0 Å². The zero-order valence-corrected chi connectivity index (χ0v) is 13.0. The quantitative estimate of drug-likeness (QED) is 0.563. The Hall–Kier alpha value is -1.61. The van der Waals surface area contributed by atoms with Crippen molar-refractivity contribution < 1.29 is 9.53 Å². The summed E-state index contributed by atoms with van der Waals surface area (Å²) in [5, 5.41) is 0.669. The molecule has 0 amide bonds. The molecule has 0 saturated heterocycles. The standard InChI is InChI=1S/C17H17BrO2/c1-2-16(19)14-8-9-17(15(10-14)11-18)20-12-13-6-4-3-5-7-13/h3-10H,2,11-12H2,1H3. The number of benzene rings is 2. The molecule has 2 nitrogen and oxygen atoms in total. The molecule has 0 radical (unpaired) electrons. The van der Waals surface area contributed by atoms with E-state index in [0.29, 0.717) is 18.4 Å². The lowest BCUT2D eigenvalue weighted by Gasteiger charge is -2.11. The minimum Gasteiger partial charge on any atom is -0.489 e. The van der Waals surface area contributed by atoms with Crippen molar-refractivity contribution in [2.24, 2.45) is 0 Å². The van der Waals surface area contributed by atoms with E-state index in [1.807, 2.05) is 55.5 Å². The van der Waals surface area contributed by atoms with Crippen LogP contribution in [-0.4, -0.2) is 5.78 Å². The highest BCUT2D eigenvalue weighted by Crippen LogP contribution is 2.24. The smallest absolute Gasteiger partial charge is 0.162 e. The average molecular weight is 333 g/mol. The Kier molecular flexibility index (Phi) is 5.36. The van der Waals surface area contributed by atoms with Gasteiger partial charge < -0.3 is 4.74 Å². The second kappa shape index (κ2) is 7.25. The summed E-state index contributed by atoms with van der Waals surface area (Å²) in [5.41, 5.74) is 2.87. The van der Waals surface area contributed by atoms with Crippen molar-refractivity contribution >= 4 is 21.7 Å². The van der Waals surface area contributed by atoms with Crippen LogP contribution in [-0.2, 0) is 11.9 Å². The fraction of sp³-hybridized carbons (Fsp3) is 0.235. The minimum absolute atomic E-state index is 0.154. The van der Waals surface area contributed by atoms with Gasteiger partial charge in [-0.2, -0.15) is 0 Å². The fourth-order valence-corrected chi connectivity index (χ4v) is 2.38. The van der Waals surface area contributed by atoms with Gasteiger partial charge in [0.05, 0.1) is 0 Å². The molecule has 0 N–H and O–H groups in total. The molecule has 2 rings (SSSR count). The highest BCUT2D eigenvalue weighted by molar-refractivity contribution is 9.08. The Morgan fingerprint density at radius 2 is 1.90 bits per heavy atom. The first-order valence-corrected chi connectivity index (χ1v) is 7.75. The van der Waals surface area contributed by atoms with E-state index in [-0.39, 0.29) is 5.78 Å². The third-order valence-corrected chi connectivity index (χ3v) is 3.69. The second-order valence-corrected chi connectivity index (χ2v) is 5.07. The van der Waals surface area contributed by atoms with E-state index in [1.165, 1.54) is 0 Å². The highest BCUT2D eigenvalue weighted by atomic mass is 79.9. The van der Waals surface area contributed by atoms with E-state index in [1.54, 1.807) is 0 Å². The van der Waals surface area contributed by atoms with Crippen LogP contribution < -0.4 is 4.74 Å². The van der Waals surface area contributed by atoms with Crippen LogP contribution >= 0.6 is 15.9 Å². The van der Waals surface area contributed by atoms with Gasteiger partial charge in [0.1, 0.15) is 12.4 Å². The van der Waals surface area contributed by atoms with E-state index in [9.17, 15) is 4.79 Å². The van der Waals surface area contributed by atoms with Crippen LogP contribution in [0, 0.1) is 0 Å². The Morgan fingerprint density at radius 1 is 1.15 bits per heavy atom. The van der Waals surface area contributed by atoms with Crippen LogP contribution in [0.5, 0.6) is 5.75 Å². The molecule has 104 valence electrons. The molecule has 0 fully saturated rings. The summed E-state index contributed by atoms with van der Waals surface area (Å²) >= 11 is 3.45. The predicted octanol–water partition coefficient (Wildman–Crippen LogP) is 4.75. The number of rotatable bonds is 6. The molecule has 0 aliphatic carbocycles. The number of carbonyl (C=O) groups excluding carboxylic acids is 1. The number of Topliss-reactive ketones (excluding diaryl/α,β-unsaturated/α-hetero) is 1. The number of ether oxygens (including phenoxy) is 1. The molecule has 3 heteroatoms. The molecule has 0 heterocycles. The lowest BCUT2D eigenvalue weighted by molar-refractivity contribution is 0.0988. The summed E-state index contributed by atoms with van der Waals surface area (Å²) in [5.74, 6) is 0.972. The Morgan fingerprint density at radius 3 is 2.55 bits per heavy atom. The lowest BCUT2D eigenvalue weighted by Crippen LogP contribution is -2.01. The fourth-order valence-electron chi connectivity index (χ4n) is 1.94. The van der Waals surface area contributed by atoms with Crippen molar-refractivity contribution in [3.05, 3.63) is 65.2 Å². The third kappa shape index (κ3) is 3.70. The van der Waals surface area contributed by atoms with Crippen molar-refractivity contribution in [2.75, 3.05) is 0 Å². The maximum absolute atomic E-state index is 11.7. The average Bonchev–Trinajstić information content (AvgIpc) is 2.53. The molecule has 0 unspecified atom stereocenters. The summed E-state index contributed by atoms with van der Waals surface area (Å²) in [6, 6.07) is 15.6. The van der Waals surface area contributed by atoms with Gasteiger partial charge in [-0.3, -0.25) is 4.79 Å². The number of halogens is 1.